The molecule has 0 aliphatic heterocycles. The molecule has 0 amide bonds. The molecule has 0 aromatic heterocycles. The number of hydrazone groups is 1. The fourth-order valence-corrected chi connectivity index (χ4v) is 1.64. The lowest BCUT2D eigenvalue weighted by atomic mass is 10.1. The maximum absolute atomic E-state index is 13.4. The molecule has 2 rings (SSSR count). The summed E-state index contributed by atoms with van der Waals surface area (Å²) in [6.45, 7) is 1.78. The van der Waals surface area contributed by atoms with Crippen LogP contribution >= 0.6 is 0 Å². The number of hydrogen-bond donors (Lipinski definition) is 1. The molecule has 20 heavy (non-hydrogen) atoms. The number of nitrogens with zero attached hydrogens (tertiary/aromatic N) is 1. The van der Waals surface area contributed by atoms with Crippen LogP contribution in [0.25, 0.3) is 0 Å². The molecule has 0 radical (unpaired) electrons. The number of nitrogens with one attached hydrogen (secondary N) is 1. The van der Waals surface area contributed by atoms with Crippen LogP contribution in [0.5, 0.6) is 5.75 Å². The van der Waals surface area contributed by atoms with Gasteiger partial charge in [-0.15, -0.1) is 0 Å². The van der Waals surface area contributed by atoms with Gasteiger partial charge in [0.1, 0.15) is 11.6 Å². The van der Waals surface area contributed by atoms with Crippen LogP contribution in [0.3, 0.4) is 0 Å². The summed E-state index contributed by atoms with van der Waals surface area (Å²) in [5.41, 5.74) is 4.21. The Kier molecular flexibility index (Phi) is 4.30. The van der Waals surface area contributed by atoms with E-state index in [9.17, 15) is 8.78 Å². The van der Waals surface area contributed by atoms with E-state index in [4.69, 9.17) is 4.74 Å². The zero-order valence-electron chi connectivity index (χ0n) is 11.2. The first-order chi connectivity index (χ1) is 9.60. The van der Waals surface area contributed by atoms with E-state index in [1.165, 1.54) is 12.1 Å². The van der Waals surface area contributed by atoms with Gasteiger partial charge in [-0.3, -0.25) is 5.43 Å². The minimum Gasteiger partial charge on any atom is -0.497 e. The second kappa shape index (κ2) is 6.14. The van der Waals surface area contributed by atoms with Gasteiger partial charge in [0.15, 0.2) is 5.82 Å². The first kappa shape index (κ1) is 14.0. The predicted molar refractivity (Wildman–Crippen MR) is 75.2 cm³/mol. The van der Waals surface area contributed by atoms with Crippen LogP contribution < -0.4 is 10.2 Å². The summed E-state index contributed by atoms with van der Waals surface area (Å²) in [7, 11) is 1.58. The van der Waals surface area contributed by atoms with Gasteiger partial charge in [0.05, 0.1) is 18.5 Å². The van der Waals surface area contributed by atoms with Crippen molar-refractivity contribution in [2.24, 2.45) is 5.10 Å². The highest BCUT2D eigenvalue weighted by molar-refractivity contribution is 5.99. The summed E-state index contributed by atoms with van der Waals surface area (Å²) in [6.07, 6.45) is 0. The molecule has 0 spiro atoms. The lowest BCUT2D eigenvalue weighted by molar-refractivity contribution is 0.414. The molecule has 0 saturated carbocycles. The Bertz CT molecular complexity index is 642. The van der Waals surface area contributed by atoms with E-state index in [2.05, 4.69) is 10.5 Å². The van der Waals surface area contributed by atoms with Crippen LogP contribution in [-0.2, 0) is 0 Å². The van der Waals surface area contributed by atoms with E-state index in [1.807, 2.05) is 24.3 Å². The first-order valence-electron chi connectivity index (χ1n) is 6.00. The number of ether oxygens (including phenoxy) is 1. The third kappa shape index (κ3) is 3.32. The maximum atomic E-state index is 13.4. The number of methoxy groups -OCH3 is 1. The molecule has 2 aromatic rings. The average Bonchev–Trinajstić information content (AvgIpc) is 2.46. The smallest absolute Gasteiger partial charge is 0.151 e. The minimum atomic E-state index is -0.688. The van der Waals surface area contributed by atoms with Crippen molar-refractivity contribution in [3.05, 3.63) is 59.7 Å². The Balaban J connectivity index is 2.17. The van der Waals surface area contributed by atoms with E-state index in [1.54, 1.807) is 14.0 Å². The maximum Gasteiger partial charge on any atom is 0.151 e. The molecule has 0 saturated heterocycles. The third-order valence-electron chi connectivity index (χ3n) is 2.76. The fourth-order valence-electron chi connectivity index (χ4n) is 1.64. The Hall–Kier alpha value is -2.43. The lowest BCUT2D eigenvalue weighted by Gasteiger charge is -2.06. The fraction of sp³-hybridized carbons (Fsp3) is 0.133. The molecule has 0 aliphatic carbocycles. The van der Waals surface area contributed by atoms with Crippen LogP contribution in [0, 0.1) is 11.6 Å². The molecule has 0 bridgehead atoms. The monoisotopic (exact) mass is 276 g/mol. The molecule has 2 aromatic carbocycles. The van der Waals surface area contributed by atoms with Gasteiger partial charge >= 0.3 is 0 Å². The zero-order chi connectivity index (χ0) is 14.5. The molecule has 0 atom stereocenters. The van der Waals surface area contributed by atoms with Crippen molar-refractivity contribution in [3.8, 4) is 5.75 Å². The van der Waals surface area contributed by atoms with Crippen LogP contribution in [0.2, 0.25) is 0 Å². The summed E-state index contributed by atoms with van der Waals surface area (Å²) >= 11 is 0. The topological polar surface area (TPSA) is 33.6 Å². The highest BCUT2D eigenvalue weighted by Crippen LogP contribution is 2.16. The van der Waals surface area contributed by atoms with Crippen LogP contribution in [0.4, 0.5) is 14.5 Å². The highest BCUT2D eigenvalue weighted by Gasteiger charge is 2.03. The molecule has 3 nitrogen and oxygen atoms in total. The van der Waals surface area contributed by atoms with Gasteiger partial charge in [-0.2, -0.15) is 5.10 Å². The van der Waals surface area contributed by atoms with Crippen LogP contribution in [0.1, 0.15) is 12.5 Å². The summed E-state index contributed by atoms with van der Waals surface area (Å²) in [5.74, 6) is -0.598. The van der Waals surface area contributed by atoms with Gasteiger partial charge in [-0.1, -0.05) is 12.1 Å². The van der Waals surface area contributed by atoms with Crippen molar-refractivity contribution in [1.29, 1.82) is 0 Å². The van der Waals surface area contributed by atoms with E-state index in [0.717, 1.165) is 11.6 Å². The molecular formula is C15H14F2N2O. The highest BCUT2D eigenvalue weighted by atomic mass is 19.1. The van der Waals surface area contributed by atoms with Crippen LogP contribution in [0.15, 0.2) is 47.6 Å². The van der Waals surface area contributed by atoms with Gasteiger partial charge in [0.2, 0.25) is 0 Å². The van der Waals surface area contributed by atoms with Crippen molar-refractivity contribution in [1.82, 2.24) is 0 Å². The summed E-state index contributed by atoms with van der Waals surface area (Å²) in [6, 6.07) is 10.6. The Labute approximate surface area is 115 Å². The van der Waals surface area contributed by atoms with Crippen LogP contribution in [-0.4, -0.2) is 12.8 Å². The second-order valence-corrected chi connectivity index (χ2v) is 4.17. The van der Waals surface area contributed by atoms with E-state index < -0.39 is 11.6 Å². The molecule has 1 N–H and O–H groups in total. The van der Waals surface area contributed by atoms with Gasteiger partial charge in [0.25, 0.3) is 0 Å². The zero-order valence-corrected chi connectivity index (χ0v) is 11.2. The lowest BCUT2D eigenvalue weighted by Crippen LogP contribution is -2.01. The molecule has 0 fully saturated rings. The summed E-state index contributed by atoms with van der Waals surface area (Å²) in [5, 5.41) is 4.08. The largest absolute Gasteiger partial charge is 0.497 e. The van der Waals surface area contributed by atoms with Gasteiger partial charge in [-0.05, 0) is 31.2 Å². The molecule has 0 unspecified atom stereocenters. The van der Waals surface area contributed by atoms with Crippen molar-refractivity contribution in [2.45, 2.75) is 6.92 Å². The van der Waals surface area contributed by atoms with E-state index >= 15 is 0 Å². The Morgan fingerprint density at radius 1 is 1.15 bits per heavy atom. The number of anilines is 1. The van der Waals surface area contributed by atoms with Crippen molar-refractivity contribution < 1.29 is 13.5 Å². The number of benzene rings is 2. The van der Waals surface area contributed by atoms with Gasteiger partial charge in [0, 0.05) is 11.6 Å². The standard InChI is InChI=1S/C15H14F2N2O/c1-10(11-4-3-5-13(8-11)20-2)18-19-15-7-6-12(16)9-14(15)17/h3-9,19H,1-2H3/b18-10-. The van der Waals surface area contributed by atoms with Gasteiger partial charge < -0.3 is 4.74 Å². The predicted octanol–water partition coefficient (Wildman–Crippen LogP) is 3.81. The number of rotatable bonds is 4. The summed E-state index contributed by atoms with van der Waals surface area (Å²) < 4.78 is 31.3. The summed E-state index contributed by atoms with van der Waals surface area (Å²) in [4.78, 5) is 0. The minimum absolute atomic E-state index is 0.119. The SMILES string of the molecule is COc1cccc(/C(C)=N\Nc2ccc(F)cc2F)c1. The van der Waals surface area contributed by atoms with Crippen molar-refractivity contribution in [3.63, 3.8) is 0 Å². The Morgan fingerprint density at radius 2 is 1.95 bits per heavy atom. The molecule has 5 heteroatoms. The molecule has 0 heterocycles. The van der Waals surface area contributed by atoms with E-state index in [0.29, 0.717) is 11.5 Å². The number of halogens is 2. The number of hydrogen-bond acceptors (Lipinski definition) is 3. The molecule has 104 valence electrons. The van der Waals surface area contributed by atoms with Gasteiger partial charge in [-0.25, -0.2) is 8.78 Å². The quantitative estimate of drug-likeness (QED) is 0.680. The first-order valence-corrected chi connectivity index (χ1v) is 6.00. The molecular weight excluding hydrogens is 262 g/mol. The second-order valence-electron chi connectivity index (χ2n) is 4.17. The average molecular weight is 276 g/mol. The normalized spacial score (nSPS) is 11.3. The molecule has 0 aliphatic rings. The Morgan fingerprint density at radius 3 is 2.65 bits per heavy atom. The van der Waals surface area contributed by atoms with E-state index in [-0.39, 0.29) is 5.69 Å². The third-order valence-corrected chi connectivity index (χ3v) is 2.76. The van der Waals surface area contributed by atoms with Crippen molar-refractivity contribution in [2.75, 3.05) is 12.5 Å². The van der Waals surface area contributed by atoms with Crippen molar-refractivity contribution >= 4 is 11.4 Å².